The van der Waals surface area contributed by atoms with E-state index in [2.05, 4.69) is 9.97 Å². The number of ether oxygens (including phenoxy) is 2. The van der Waals surface area contributed by atoms with Gasteiger partial charge in [0.2, 0.25) is 15.7 Å². The van der Waals surface area contributed by atoms with Crippen LogP contribution in [0.4, 0.5) is 5.82 Å². The molecule has 1 atom stereocenters. The minimum Gasteiger partial charge on any atom is -0.497 e. The lowest BCUT2D eigenvalue weighted by Crippen LogP contribution is -2.14. The maximum absolute atomic E-state index is 12.7. The predicted molar refractivity (Wildman–Crippen MR) is 85.3 cm³/mol. The number of sulfone groups is 1. The summed E-state index contributed by atoms with van der Waals surface area (Å²) in [4.78, 5) is 7.84. The van der Waals surface area contributed by atoms with Gasteiger partial charge in [0.25, 0.3) is 5.16 Å². The topological polar surface area (TPSA) is 104 Å². The molecule has 1 heterocycles. The Morgan fingerprint density at radius 2 is 2.00 bits per heavy atom. The monoisotopic (exact) mass is 337 g/mol. The van der Waals surface area contributed by atoms with E-state index in [0.29, 0.717) is 5.75 Å². The molecule has 23 heavy (non-hydrogen) atoms. The SMILES string of the molecule is CCC(C)Oc1cc(N)nc(S(=O)(=O)c2cccc(OC)c2)n1. The van der Waals surface area contributed by atoms with E-state index >= 15 is 0 Å². The molecule has 7 nitrogen and oxygen atoms in total. The summed E-state index contributed by atoms with van der Waals surface area (Å²) < 4.78 is 35.9. The fraction of sp³-hybridized carbons (Fsp3) is 0.333. The molecular weight excluding hydrogens is 318 g/mol. The zero-order valence-electron chi connectivity index (χ0n) is 13.2. The van der Waals surface area contributed by atoms with Crippen LogP contribution in [0.2, 0.25) is 0 Å². The standard InChI is InChI=1S/C15H19N3O4S/c1-4-10(2)22-14-9-13(16)17-15(18-14)23(19,20)12-7-5-6-11(8-12)21-3/h5-10H,4H2,1-3H3,(H2,16,17,18). The molecular formula is C15H19N3O4S. The maximum Gasteiger partial charge on any atom is 0.257 e. The van der Waals surface area contributed by atoms with Crippen LogP contribution in [0, 0.1) is 0 Å². The zero-order chi connectivity index (χ0) is 17.0. The Morgan fingerprint density at radius 1 is 1.26 bits per heavy atom. The van der Waals surface area contributed by atoms with E-state index in [4.69, 9.17) is 15.2 Å². The van der Waals surface area contributed by atoms with E-state index in [1.165, 1.54) is 25.3 Å². The van der Waals surface area contributed by atoms with Crippen molar-refractivity contribution in [2.24, 2.45) is 0 Å². The quantitative estimate of drug-likeness (QED) is 0.805. The van der Waals surface area contributed by atoms with Gasteiger partial charge >= 0.3 is 0 Å². The van der Waals surface area contributed by atoms with Crippen LogP contribution >= 0.6 is 0 Å². The maximum atomic E-state index is 12.7. The molecule has 0 amide bonds. The molecule has 1 aromatic heterocycles. The molecule has 1 aromatic carbocycles. The van der Waals surface area contributed by atoms with Crippen molar-refractivity contribution in [2.45, 2.75) is 36.4 Å². The Morgan fingerprint density at radius 3 is 2.65 bits per heavy atom. The molecule has 0 bridgehead atoms. The molecule has 124 valence electrons. The van der Waals surface area contributed by atoms with Crippen LogP contribution in [-0.2, 0) is 9.84 Å². The van der Waals surface area contributed by atoms with Crippen LogP contribution in [0.25, 0.3) is 0 Å². The van der Waals surface area contributed by atoms with Crippen LogP contribution in [0.1, 0.15) is 20.3 Å². The molecule has 0 radical (unpaired) electrons. The van der Waals surface area contributed by atoms with Crippen molar-refractivity contribution in [3.8, 4) is 11.6 Å². The predicted octanol–water partition coefficient (Wildman–Crippen LogP) is 2.08. The molecule has 2 N–H and O–H groups in total. The van der Waals surface area contributed by atoms with E-state index in [9.17, 15) is 8.42 Å². The van der Waals surface area contributed by atoms with Crippen LogP contribution in [0.3, 0.4) is 0 Å². The number of anilines is 1. The fourth-order valence-corrected chi connectivity index (χ4v) is 2.94. The Balaban J connectivity index is 2.46. The first-order chi connectivity index (χ1) is 10.9. The van der Waals surface area contributed by atoms with Crippen LogP contribution in [-0.4, -0.2) is 31.6 Å². The summed E-state index contributed by atoms with van der Waals surface area (Å²) in [6.45, 7) is 3.80. The van der Waals surface area contributed by atoms with Crippen molar-refractivity contribution < 1.29 is 17.9 Å². The summed E-state index contributed by atoms with van der Waals surface area (Å²) in [6.07, 6.45) is 0.638. The van der Waals surface area contributed by atoms with Crippen molar-refractivity contribution in [1.82, 2.24) is 9.97 Å². The molecule has 0 fully saturated rings. The zero-order valence-corrected chi connectivity index (χ0v) is 14.0. The van der Waals surface area contributed by atoms with Gasteiger partial charge in [0.15, 0.2) is 0 Å². The number of nitrogen functional groups attached to an aromatic ring is 1. The van der Waals surface area contributed by atoms with Crippen molar-refractivity contribution in [1.29, 1.82) is 0 Å². The van der Waals surface area contributed by atoms with Gasteiger partial charge in [-0.25, -0.2) is 13.4 Å². The molecule has 2 aromatic rings. The molecule has 0 aliphatic rings. The molecule has 0 spiro atoms. The lowest BCUT2D eigenvalue weighted by molar-refractivity contribution is 0.206. The molecule has 1 unspecified atom stereocenters. The molecule has 0 saturated carbocycles. The van der Waals surface area contributed by atoms with E-state index in [1.54, 1.807) is 12.1 Å². The molecule has 0 saturated heterocycles. The number of nitrogens with two attached hydrogens (primary N) is 1. The van der Waals surface area contributed by atoms with Crippen molar-refractivity contribution in [3.05, 3.63) is 30.3 Å². The van der Waals surface area contributed by atoms with Gasteiger partial charge in [0.05, 0.1) is 18.1 Å². The Kier molecular flexibility index (Phi) is 5.05. The number of benzene rings is 1. The van der Waals surface area contributed by atoms with Gasteiger partial charge in [0.1, 0.15) is 11.6 Å². The summed E-state index contributed by atoms with van der Waals surface area (Å²) in [5, 5.41) is -0.399. The molecule has 0 aliphatic carbocycles. The second-order valence-electron chi connectivity index (χ2n) is 4.93. The number of rotatable bonds is 6. The summed E-state index contributed by atoms with van der Waals surface area (Å²) in [6, 6.07) is 7.47. The van der Waals surface area contributed by atoms with E-state index in [0.717, 1.165) is 6.42 Å². The highest BCUT2D eigenvalue weighted by atomic mass is 32.2. The number of aromatic nitrogens is 2. The first-order valence-electron chi connectivity index (χ1n) is 7.07. The highest BCUT2D eigenvalue weighted by Crippen LogP contribution is 2.24. The number of methoxy groups -OCH3 is 1. The smallest absolute Gasteiger partial charge is 0.257 e. The van der Waals surface area contributed by atoms with Gasteiger partial charge in [-0.15, -0.1) is 0 Å². The van der Waals surface area contributed by atoms with Gasteiger partial charge in [-0.3, -0.25) is 0 Å². The first-order valence-corrected chi connectivity index (χ1v) is 8.55. The third kappa shape index (κ3) is 3.89. The second-order valence-corrected chi connectivity index (χ2v) is 6.78. The summed E-state index contributed by atoms with van der Waals surface area (Å²) in [7, 11) is -2.46. The van der Waals surface area contributed by atoms with E-state index in [-0.39, 0.29) is 22.7 Å². The third-order valence-corrected chi connectivity index (χ3v) is 4.73. The van der Waals surface area contributed by atoms with Crippen LogP contribution in [0.5, 0.6) is 11.6 Å². The Hall–Kier alpha value is -2.35. The van der Waals surface area contributed by atoms with Gasteiger partial charge < -0.3 is 15.2 Å². The lowest BCUT2D eigenvalue weighted by atomic mass is 10.3. The van der Waals surface area contributed by atoms with Gasteiger partial charge in [-0.2, -0.15) is 4.98 Å². The van der Waals surface area contributed by atoms with E-state index in [1.807, 2.05) is 13.8 Å². The average molecular weight is 337 g/mol. The summed E-state index contributed by atoms with van der Waals surface area (Å²) in [5.41, 5.74) is 5.69. The highest BCUT2D eigenvalue weighted by Gasteiger charge is 2.23. The largest absolute Gasteiger partial charge is 0.497 e. The van der Waals surface area contributed by atoms with Gasteiger partial charge in [-0.1, -0.05) is 13.0 Å². The Labute approximate surface area is 135 Å². The molecule has 2 rings (SSSR count). The minimum absolute atomic E-state index is 0.0249. The second kappa shape index (κ2) is 6.82. The number of nitrogens with zero attached hydrogens (tertiary/aromatic N) is 2. The average Bonchev–Trinajstić information content (AvgIpc) is 2.54. The Bertz CT molecular complexity index is 793. The van der Waals surface area contributed by atoms with Crippen LogP contribution in [0.15, 0.2) is 40.4 Å². The lowest BCUT2D eigenvalue weighted by Gasteiger charge is -2.13. The minimum atomic E-state index is -3.92. The third-order valence-electron chi connectivity index (χ3n) is 3.19. The number of hydrogen-bond donors (Lipinski definition) is 1. The van der Waals surface area contributed by atoms with Crippen molar-refractivity contribution in [2.75, 3.05) is 12.8 Å². The van der Waals surface area contributed by atoms with E-state index < -0.39 is 15.0 Å². The van der Waals surface area contributed by atoms with Gasteiger partial charge in [0, 0.05) is 6.07 Å². The number of hydrogen-bond acceptors (Lipinski definition) is 7. The highest BCUT2D eigenvalue weighted by molar-refractivity contribution is 7.91. The molecule has 0 aliphatic heterocycles. The first kappa shape index (κ1) is 17.0. The van der Waals surface area contributed by atoms with Crippen molar-refractivity contribution >= 4 is 15.7 Å². The van der Waals surface area contributed by atoms with Crippen LogP contribution < -0.4 is 15.2 Å². The summed E-state index contributed by atoms with van der Waals surface area (Å²) >= 11 is 0. The fourth-order valence-electron chi connectivity index (χ4n) is 1.76. The summed E-state index contributed by atoms with van der Waals surface area (Å²) in [5.74, 6) is 0.583. The molecule has 8 heteroatoms. The normalized spacial score (nSPS) is 12.7. The van der Waals surface area contributed by atoms with Crippen molar-refractivity contribution in [3.63, 3.8) is 0 Å². The van der Waals surface area contributed by atoms with Gasteiger partial charge in [-0.05, 0) is 31.5 Å².